The second-order valence-electron chi connectivity index (χ2n) is 4.88. The molecule has 0 aromatic carbocycles. The standard InChI is InChI=1S/C12H16N2O2S2/c1-8(2)18(15,16)7-11-14-12(9-3-4-9)10(17-11)5-6-13/h8-9H,3-5,7H2,1-2H3. The maximum absolute atomic E-state index is 11.9. The van der Waals surface area contributed by atoms with Crippen molar-refractivity contribution in [1.82, 2.24) is 4.98 Å². The Kier molecular flexibility index (Phi) is 3.74. The van der Waals surface area contributed by atoms with E-state index in [0.29, 0.717) is 17.3 Å². The lowest BCUT2D eigenvalue weighted by Crippen LogP contribution is -2.15. The Morgan fingerprint density at radius 2 is 2.17 bits per heavy atom. The van der Waals surface area contributed by atoms with Crippen LogP contribution in [0.5, 0.6) is 0 Å². The SMILES string of the molecule is CC(C)S(=O)(=O)Cc1nc(C2CC2)c(CC#N)s1. The third kappa shape index (κ3) is 2.90. The van der Waals surface area contributed by atoms with Crippen LogP contribution in [0.15, 0.2) is 0 Å². The summed E-state index contributed by atoms with van der Waals surface area (Å²) in [4.78, 5) is 5.40. The van der Waals surface area contributed by atoms with Gasteiger partial charge in [-0.05, 0) is 26.7 Å². The van der Waals surface area contributed by atoms with E-state index < -0.39 is 9.84 Å². The zero-order chi connectivity index (χ0) is 13.3. The van der Waals surface area contributed by atoms with Crippen molar-refractivity contribution >= 4 is 21.2 Å². The highest BCUT2D eigenvalue weighted by atomic mass is 32.2. The van der Waals surface area contributed by atoms with Crippen molar-refractivity contribution in [2.75, 3.05) is 0 Å². The lowest BCUT2D eigenvalue weighted by Gasteiger charge is -2.04. The van der Waals surface area contributed by atoms with Gasteiger partial charge in [0.25, 0.3) is 0 Å². The molecule has 0 spiro atoms. The summed E-state index contributed by atoms with van der Waals surface area (Å²) in [6.07, 6.45) is 2.56. The minimum absolute atomic E-state index is 0.000478. The molecule has 1 fully saturated rings. The molecule has 4 nitrogen and oxygen atoms in total. The van der Waals surface area contributed by atoms with Crippen LogP contribution in [0.25, 0.3) is 0 Å². The van der Waals surface area contributed by atoms with Crippen LogP contribution in [0.4, 0.5) is 0 Å². The second kappa shape index (κ2) is 4.98. The Balaban J connectivity index is 2.25. The molecule has 0 saturated heterocycles. The van der Waals surface area contributed by atoms with Gasteiger partial charge in [0, 0.05) is 10.8 Å². The van der Waals surface area contributed by atoms with Gasteiger partial charge in [-0.1, -0.05) is 0 Å². The second-order valence-corrected chi connectivity index (χ2v) is 8.61. The van der Waals surface area contributed by atoms with Crippen molar-refractivity contribution in [2.24, 2.45) is 0 Å². The van der Waals surface area contributed by atoms with Gasteiger partial charge in [-0.15, -0.1) is 11.3 Å². The molecule has 1 aliphatic carbocycles. The summed E-state index contributed by atoms with van der Waals surface area (Å²) in [5.74, 6) is 0.459. The van der Waals surface area contributed by atoms with E-state index in [0.717, 1.165) is 23.4 Å². The number of sulfone groups is 1. The van der Waals surface area contributed by atoms with Crippen LogP contribution >= 0.6 is 11.3 Å². The Bertz CT molecular complexity index is 578. The van der Waals surface area contributed by atoms with Gasteiger partial charge in [0.05, 0.1) is 23.4 Å². The predicted molar refractivity (Wildman–Crippen MR) is 71.2 cm³/mol. The molecule has 6 heteroatoms. The van der Waals surface area contributed by atoms with Crippen LogP contribution < -0.4 is 0 Å². The van der Waals surface area contributed by atoms with Gasteiger partial charge < -0.3 is 0 Å². The summed E-state index contributed by atoms with van der Waals surface area (Å²) < 4.78 is 23.7. The lowest BCUT2D eigenvalue weighted by molar-refractivity contribution is 0.586. The van der Waals surface area contributed by atoms with E-state index in [1.165, 1.54) is 11.3 Å². The maximum atomic E-state index is 11.9. The lowest BCUT2D eigenvalue weighted by atomic mass is 10.2. The van der Waals surface area contributed by atoms with Crippen molar-refractivity contribution in [3.05, 3.63) is 15.6 Å². The van der Waals surface area contributed by atoms with E-state index in [1.807, 2.05) is 0 Å². The molecule has 1 aromatic rings. The number of aromatic nitrogens is 1. The van der Waals surface area contributed by atoms with Gasteiger partial charge >= 0.3 is 0 Å². The zero-order valence-corrected chi connectivity index (χ0v) is 12.1. The maximum Gasteiger partial charge on any atom is 0.159 e. The van der Waals surface area contributed by atoms with Crippen LogP contribution in [0.2, 0.25) is 0 Å². The summed E-state index contributed by atoms with van der Waals surface area (Å²) in [5.41, 5.74) is 0.968. The Morgan fingerprint density at radius 3 is 2.67 bits per heavy atom. The van der Waals surface area contributed by atoms with Crippen LogP contribution in [-0.4, -0.2) is 18.7 Å². The van der Waals surface area contributed by atoms with Crippen molar-refractivity contribution in [2.45, 2.75) is 50.0 Å². The highest BCUT2D eigenvalue weighted by Crippen LogP contribution is 2.43. The van der Waals surface area contributed by atoms with Crippen molar-refractivity contribution in [3.63, 3.8) is 0 Å². The topological polar surface area (TPSA) is 70.8 Å². The largest absolute Gasteiger partial charge is 0.245 e. The third-order valence-corrected chi connectivity index (χ3v) is 6.38. The van der Waals surface area contributed by atoms with E-state index >= 15 is 0 Å². The molecule has 0 aliphatic heterocycles. The molecule has 0 N–H and O–H groups in total. The molecule has 18 heavy (non-hydrogen) atoms. The summed E-state index contributed by atoms with van der Waals surface area (Å²) >= 11 is 1.38. The fraction of sp³-hybridized carbons (Fsp3) is 0.667. The average Bonchev–Trinajstić information content (AvgIpc) is 3.03. The van der Waals surface area contributed by atoms with Gasteiger partial charge in [-0.2, -0.15) is 5.26 Å². The first kappa shape index (κ1) is 13.5. The molecule has 0 amide bonds. The van der Waals surface area contributed by atoms with Gasteiger partial charge in [0.15, 0.2) is 9.84 Å². The molecule has 0 radical (unpaired) electrons. The monoisotopic (exact) mass is 284 g/mol. The molecule has 0 unspecified atom stereocenters. The molecule has 1 saturated carbocycles. The Morgan fingerprint density at radius 1 is 1.50 bits per heavy atom. The third-order valence-electron chi connectivity index (χ3n) is 3.02. The molecular formula is C12H16N2O2S2. The van der Waals surface area contributed by atoms with E-state index in [4.69, 9.17) is 5.26 Å². The molecule has 2 rings (SSSR count). The first-order valence-electron chi connectivity index (χ1n) is 6.01. The van der Waals surface area contributed by atoms with Gasteiger partial charge in [-0.25, -0.2) is 13.4 Å². The minimum Gasteiger partial charge on any atom is -0.245 e. The van der Waals surface area contributed by atoms with Crippen LogP contribution in [0.1, 0.15) is 48.2 Å². The normalized spacial score (nSPS) is 15.9. The van der Waals surface area contributed by atoms with Crippen molar-refractivity contribution < 1.29 is 8.42 Å². The van der Waals surface area contributed by atoms with Crippen LogP contribution in [0.3, 0.4) is 0 Å². The highest BCUT2D eigenvalue weighted by molar-refractivity contribution is 7.91. The first-order valence-corrected chi connectivity index (χ1v) is 8.54. The van der Waals surface area contributed by atoms with Gasteiger partial charge in [-0.3, -0.25) is 0 Å². The Hall–Kier alpha value is -0.930. The number of hydrogen-bond acceptors (Lipinski definition) is 5. The highest BCUT2D eigenvalue weighted by Gasteiger charge is 2.30. The average molecular weight is 284 g/mol. The number of thiazole rings is 1. The van der Waals surface area contributed by atoms with E-state index in [2.05, 4.69) is 11.1 Å². The smallest absolute Gasteiger partial charge is 0.159 e. The fourth-order valence-corrected chi connectivity index (χ4v) is 4.04. The quantitative estimate of drug-likeness (QED) is 0.832. The molecule has 0 atom stereocenters. The molecule has 1 aliphatic rings. The van der Waals surface area contributed by atoms with Crippen molar-refractivity contribution in [3.8, 4) is 6.07 Å². The molecule has 98 valence electrons. The molecule has 1 aromatic heterocycles. The zero-order valence-electron chi connectivity index (χ0n) is 10.5. The number of hydrogen-bond donors (Lipinski definition) is 0. The Labute approximate surface area is 112 Å². The molecular weight excluding hydrogens is 268 g/mol. The minimum atomic E-state index is -3.11. The van der Waals surface area contributed by atoms with E-state index in [-0.39, 0.29) is 11.0 Å². The number of nitriles is 1. The predicted octanol–water partition coefficient (Wildman–Crippen LogP) is 2.41. The van der Waals surface area contributed by atoms with Gasteiger partial charge in [0.2, 0.25) is 0 Å². The molecule has 0 bridgehead atoms. The molecule has 1 heterocycles. The summed E-state index contributed by atoms with van der Waals surface area (Å²) in [6, 6.07) is 2.13. The van der Waals surface area contributed by atoms with E-state index in [1.54, 1.807) is 13.8 Å². The summed E-state index contributed by atoms with van der Waals surface area (Å²) in [5, 5.41) is 9.04. The fourth-order valence-electron chi connectivity index (χ4n) is 1.69. The van der Waals surface area contributed by atoms with Crippen molar-refractivity contribution in [1.29, 1.82) is 5.26 Å². The summed E-state index contributed by atoms with van der Waals surface area (Å²) in [7, 11) is -3.11. The first-order chi connectivity index (χ1) is 8.44. The number of nitrogens with zero attached hydrogens (tertiary/aromatic N) is 2. The summed E-state index contributed by atoms with van der Waals surface area (Å²) in [6.45, 7) is 3.36. The van der Waals surface area contributed by atoms with E-state index in [9.17, 15) is 8.42 Å². The van der Waals surface area contributed by atoms with Crippen LogP contribution in [-0.2, 0) is 22.0 Å². The van der Waals surface area contributed by atoms with Gasteiger partial charge in [0.1, 0.15) is 10.8 Å². The number of rotatable bonds is 5. The van der Waals surface area contributed by atoms with Crippen LogP contribution in [0, 0.1) is 11.3 Å².